The second-order valence-electron chi connectivity index (χ2n) is 28.6. The number of ether oxygens (including phenoxy) is 10. The average Bonchev–Trinajstić information content (AvgIpc) is 1.27. The van der Waals surface area contributed by atoms with Gasteiger partial charge in [-0.2, -0.15) is 0 Å². The molecule has 5 saturated heterocycles. The van der Waals surface area contributed by atoms with Crippen molar-refractivity contribution in [1.82, 2.24) is 0 Å². The third kappa shape index (κ3) is 12.6. The van der Waals surface area contributed by atoms with Crippen LogP contribution in [-0.2, 0) is 47.4 Å². The first kappa shape index (κ1) is 70.9. The summed E-state index contributed by atoms with van der Waals surface area (Å²) in [7, 11) is 0. The maximum Gasteiger partial charge on any atom is 0.187 e. The van der Waals surface area contributed by atoms with E-state index in [0.717, 1.165) is 18.4 Å². The Morgan fingerprint density at radius 3 is 1.50 bits per heavy atom. The van der Waals surface area contributed by atoms with Crippen LogP contribution in [0.3, 0.4) is 0 Å². The summed E-state index contributed by atoms with van der Waals surface area (Å²) in [6.07, 6.45) is -35.6. The minimum atomic E-state index is -1.92. The van der Waals surface area contributed by atoms with E-state index in [0.29, 0.717) is 44.9 Å². The van der Waals surface area contributed by atoms with Crippen LogP contribution in [0.1, 0.15) is 113 Å². The minimum absolute atomic E-state index is 0.00190. The van der Waals surface area contributed by atoms with E-state index in [-0.39, 0.29) is 34.5 Å². The first-order valence-corrected chi connectivity index (χ1v) is 31.4. The van der Waals surface area contributed by atoms with Crippen LogP contribution in [0.25, 0.3) is 0 Å². The number of hydrogen-bond donors (Lipinski definition) is 18. The van der Waals surface area contributed by atoms with Crippen LogP contribution < -0.4 is 0 Å². The largest absolute Gasteiger partial charge is 0.394 e. The van der Waals surface area contributed by atoms with Crippen LogP contribution in [0.4, 0.5) is 0 Å². The summed E-state index contributed by atoms with van der Waals surface area (Å²) < 4.78 is 60.6. The molecule has 9 fully saturated rings. The third-order valence-electron chi connectivity index (χ3n) is 23.0. The number of hydrogen-bond acceptors (Lipinski definition) is 28. The topological polar surface area (TPSA) is 456 Å². The van der Waals surface area contributed by atoms with Crippen molar-refractivity contribution < 1.29 is 139 Å². The fraction of sp³-hybridized carbons (Fsp3) is 0.967. The molecule has 0 unspecified atom stereocenters. The lowest BCUT2D eigenvalue weighted by Crippen LogP contribution is -2.68. The molecule has 28 nitrogen and oxygen atoms in total. The Morgan fingerprint density at radius 2 is 0.943 bits per heavy atom. The van der Waals surface area contributed by atoms with Gasteiger partial charge in [0.15, 0.2) is 31.5 Å². The Balaban J connectivity index is 0.900. The van der Waals surface area contributed by atoms with Gasteiger partial charge in [0.25, 0.3) is 0 Å². The van der Waals surface area contributed by atoms with E-state index < -0.39 is 215 Å². The predicted molar refractivity (Wildman–Crippen MR) is 299 cm³/mol. The van der Waals surface area contributed by atoms with Crippen LogP contribution in [0, 0.1) is 45.3 Å². The number of aliphatic hydroxyl groups is 18. The van der Waals surface area contributed by atoms with Gasteiger partial charge in [-0.05, 0) is 124 Å². The number of rotatable bonds is 19. The van der Waals surface area contributed by atoms with Gasteiger partial charge in [0.2, 0.25) is 0 Å². The van der Waals surface area contributed by atoms with E-state index >= 15 is 0 Å². The molecule has 0 aromatic rings. The molecule has 0 bridgehead atoms. The summed E-state index contributed by atoms with van der Waals surface area (Å²) in [6.45, 7) is 13.3. The highest BCUT2D eigenvalue weighted by Crippen LogP contribution is 2.76. The van der Waals surface area contributed by atoms with Gasteiger partial charge in [-0.15, -0.1) is 0 Å². The summed E-state index contributed by atoms with van der Waals surface area (Å²) in [5, 5.41) is 195. The Morgan fingerprint density at radius 1 is 0.477 bits per heavy atom. The Kier molecular flexibility index (Phi) is 22.1. The number of allylic oxidation sites excluding steroid dienone is 2. The fourth-order valence-corrected chi connectivity index (χ4v) is 17.7. The SMILES string of the molecule is CC(C)=CCC[C@](C)(O[C@@H]1O[C@H](CO[C@@H]2O[C@H](CO)[C@@H](O[C@H]3O[C@H](CO)[C@@H](O)[C@H](O)[C@H]3O)[C@H](O)[C@H]2O)[C@@H](O)[C@H](O)[C@H]1O)[C@H]1CC[C@]2(C)[C@@H]1[C@H](O)C[C@@H]1[C@@]3(C)CC[C@H](O[C@@H]4O[C@H](CO)[C@@H](O)[C@H](O)[C@H]4O[C@@H]4O[C@H](CO)[C@@H](O)[C@H](O)[C@H]4O)C(C)(C)[C@H]3CC[C@]12C. The highest BCUT2D eigenvalue weighted by atomic mass is 16.8. The van der Waals surface area contributed by atoms with Gasteiger partial charge in [0, 0.05) is 0 Å². The molecular weight excluding hydrogens is 1170 g/mol. The number of aliphatic hydroxyl groups excluding tert-OH is 18. The second kappa shape index (κ2) is 27.4. The van der Waals surface area contributed by atoms with E-state index in [2.05, 4.69) is 40.7 Å². The van der Waals surface area contributed by atoms with Crippen LogP contribution in [0.2, 0.25) is 0 Å². The van der Waals surface area contributed by atoms with Gasteiger partial charge in [0.05, 0.1) is 50.8 Å². The highest BCUT2D eigenvalue weighted by molar-refractivity contribution is 5.21. The molecule has 28 heteroatoms. The van der Waals surface area contributed by atoms with E-state index in [1.54, 1.807) is 0 Å². The van der Waals surface area contributed by atoms with Gasteiger partial charge in [-0.3, -0.25) is 0 Å². The van der Waals surface area contributed by atoms with Crippen LogP contribution in [-0.4, -0.2) is 296 Å². The number of fused-ring (bicyclic) bond motifs is 5. The Labute approximate surface area is 512 Å². The molecule has 35 atom stereocenters. The molecule has 0 amide bonds. The van der Waals surface area contributed by atoms with Crippen LogP contribution in [0.5, 0.6) is 0 Å². The summed E-state index contributed by atoms with van der Waals surface area (Å²) in [5.41, 5.74) is -1.86. The monoisotopic (exact) mass is 1270 g/mol. The summed E-state index contributed by atoms with van der Waals surface area (Å²) in [6, 6.07) is 0. The first-order chi connectivity index (χ1) is 41.3. The molecule has 9 aliphatic rings. The molecule has 5 heterocycles. The molecule has 4 aliphatic carbocycles. The van der Waals surface area contributed by atoms with Crippen molar-refractivity contribution in [2.24, 2.45) is 45.3 Å². The van der Waals surface area contributed by atoms with E-state index in [4.69, 9.17) is 47.4 Å². The van der Waals surface area contributed by atoms with Crippen molar-refractivity contribution in [3.05, 3.63) is 11.6 Å². The molecular formula is C60H102O28. The lowest BCUT2D eigenvalue weighted by atomic mass is 9.35. The maximum atomic E-state index is 12.9. The normalized spacial score (nSPS) is 52.9. The molecule has 0 radical (unpaired) electrons. The molecule has 4 saturated carbocycles. The van der Waals surface area contributed by atoms with Gasteiger partial charge in [-0.1, -0.05) is 46.3 Å². The summed E-state index contributed by atoms with van der Waals surface area (Å²) >= 11 is 0. The van der Waals surface area contributed by atoms with E-state index in [1.165, 1.54) is 0 Å². The lowest BCUT2D eigenvalue weighted by molar-refractivity contribution is -0.378. The predicted octanol–water partition coefficient (Wildman–Crippen LogP) is -4.38. The molecule has 9 rings (SSSR count). The van der Waals surface area contributed by atoms with Crippen molar-refractivity contribution in [1.29, 1.82) is 0 Å². The van der Waals surface area contributed by atoms with Crippen molar-refractivity contribution in [2.75, 3.05) is 33.0 Å². The maximum absolute atomic E-state index is 12.9. The molecule has 88 heavy (non-hydrogen) atoms. The van der Waals surface area contributed by atoms with Crippen molar-refractivity contribution in [2.45, 2.75) is 285 Å². The van der Waals surface area contributed by atoms with Crippen LogP contribution >= 0.6 is 0 Å². The Bertz CT molecular complexity index is 2320. The quantitative estimate of drug-likeness (QED) is 0.0429. The fourth-order valence-electron chi connectivity index (χ4n) is 17.7. The highest BCUT2D eigenvalue weighted by Gasteiger charge is 2.72. The van der Waals surface area contributed by atoms with Crippen LogP contribution in [0.15, 0.2) is 11.6 Å². The smallest absolute Gasteiger partial charge is 0.187 e. The first-order valence-electron chi connectivity index (χ1n) is 31.4. The standard InChI is InChI=1S/C60H102O28/c1-24(2)10-9-14-60(8,88-54-47(77)42(72)39(69)31(84-54)23-79-51-48(78)44(74)49(30(22-64)83-51)86-52-45(75)40(70)36(66)27(19-61)80-52)25-11-16-59(7)35(25)26(65)18-33-57(5)15-13-34(56(3,4)32(57)12-17-58(33,59)6)85-55-50(43(73)38(68)29(21-63)82-55)87-53-46(76)41(71)37(67)28(20-62)81-53/h10,25-55,61-78H,9,11-23H2,1-8H3/t25-,26+,27+,28+,29+,30+,31+,32+,33+,34-,35-,36+,37+,38+,39+,40-,41-,42-,43-,44+,45+,46+,47+,48+,49+,50+,51+,52+,53-,54-,55-,57-,58+,59+,60-/m0/s1. The lowest BCUT2D eigenvalue weighted by Gasteiger charge is -2.71. The zero-order valence-corrected chi connectivity index (χ0v) is 51.5. The zero-order valence-electron chi connectivity index (χ0n) is 51.5. The second-order valence-corrected chi connectivity index (χ2v) is 28.6. The Hall–Kier alpha value is -1.38. The summed E-state index contributed by atoms with van der Waals surface area (Å²) in [5.74, 6) is -0.658. The third-order valence-corrected chi connectivity index (χ3v) is 23.0. The van der Waals surface area contributed by atoms with Crippen molar-refractivity contribution >= 4 is 0 Å². The molecule has 510 valence electrons. The molecule has 18 N–H and O–H groups in total. The van der Waals surface area contributed by atoms with E-state index in [1.807, 2.05) is 20.8 Å². The summed E-state index contributed by atoms with van der Waals surface area (Å²) in [4.78, 5) is 0. The van der Waals surface area contributed by atoms with Gasteiger partial charge >= 0.3 is 0 Å². The molecule has 0 aromatic carbocycles. The molecule has 0 spiro atoms. The average molecular weight is 1270 g/mol. The zero-order chi connectivity index (χ0) is 64.7. The minimum Gasteiger partial charge on any atom is -0.394 e. The van der Waals surface area contributed by atoms with Crippen molar-refractivity contribution in [3.63, 3.8) is 0 Å². The van der Waals surface area contributed by atoms with E-state index in [9.17, 15) is 91.9 Å². The molecule has 0 aromatic heterocycles. The van der Waals surface area contributed by atoms with Gasteiger partial charge in [0.1, 0.15) is 122 Å². The molecule has 5 aliphatic heterocycles. The van der Waals surface area contributed by atoms with Crippen molar-refractivity contribution in [3.8, 4) is 0 Å². The van der Waals surface area contributed by atoms with Gasteiger partial charge < -0.3 is 139 Å². The van der Waals surface area contributed by atoms with Gasteiger partial charge in [-0.25, -0.2) is 0 Å².